The van der Waals surface area contributed by atoms with Gasteiger partial charge in [-0.2, -0.15) is 0 Å². The van der Waals surface area contributed by atoms with E-state index in [0.717, 1.165) is 30.6 Å². The number of nitrogens with one attached hydrogen (secondary N) is 2. The Labute approximate surface area is 131 Å². The van der Waals surface area contributed by atoms with E-state index in [-0.39, 0.29) is 11.3 Å². The summed E-state index contributed by atoms with van der Waals surface area (Å²) in [5.74, 6) is 0.131. The predicted octanol–water partition coefficient (Wildman–Crippen LogP) is 1.84. The van der Waals surface area contributed by atoms with Crippen molar-refractivity contribution in [3.63, 3.8) is 0 Å². The molecule has 4 nitrogen and oxygen atoms in total. The molecule has 1 aliphatic rings. The van der Waals surface area contributed by atoms with Crippen molar-refractivity contribution < 1.29 is 4.79 Å². The summed E-state index contributed by atoms with van der Waals surface area (Å²) < 4.78 is 0. The smallest absolute Gasteiger partial charge is 0.229 e. The first-order valence-electron chi connectivity index (χ1n) is 7.62. The third-order valence-electron chi connectivity index (χ3n) is 4.37. The van der Waals surface area contributed by atoms with E-state index in [1.807, 2.05) is 37.4 Å². The van der Waals surface area contributed by atoms with Crippen LogP contribution < -0.4 is 10.6 Å². The predicted molar refractivity (Wildman–Crippen MR) is 86.3 cm³/mol. The van der Waals surface area contributed by atoms with Gasteiger partial charge in [0.1, 0.15) is 0 Å². The maximum Gasteiger partial charge on any atom is 0.229 e. The van der Waals surface area contributed by atoms with E-state index in [1.54, 1.807) is 6.20 Å². The summed E-state index contributed by atoms with van der Waals surface area (Å²) in [6.07, 6.45) is 4.37. The molecule has 1 aromatic heterocycles. The minimum atomic E-state index is -0.317. The highest BCUT2D eigenvalue weighted by Gasteiger charge is 2.43. The second kappa shape index (κ2) is 6.28. The molecule has 0 unspecified atom stereocenters. The van der Waals surface area contributed by atoms with Crippen LogP contribution in [0.15, 0.2) is 48.8 Å². The molecule has 114 valence electrons. The minimum absolute atomic E-state index is 0.131. The Kier molecular flexibility index (Phi) is 4.20. The molecule has 1 aromatic carbocycles. The monoisotopic (exact) mass is 295 g/mol. The summed E-state index contributed by atoms with van der Waals surface area (Å²) in [7, 11) is 0. The highest BCUT2D eigenvalue weighted by Crippen LogP contribution is 2.28. The number of carbonyl (C=O) groups is 1. The highest BCUT2D eigenvalue weighted by atomic mass is 16.2. The van der Waals surface area contributed by atoms with Gasteiger partial charge >= 0.3 is 0 Å². The van der Waals surface area contributed by atoms with Crippen molar-refractivity contribution in [1.29, 1.82) is 0 Å². The van der Waals surface area contributed by atoms with Crippen LogP contribution in [0.25, 0.3) is 0 Å². The number of rotatable bonds is 5. The number of benzene rings is 1. The van der Waals surface area contributed by atoms with Gasteiger partial charge in [-0.15, -0.1) is 0 Å². The van der Waals surface area contributed by atoms with Crippen molar-refractivity contribution in [1.82, 2.24) is 15.6 Å². The second-order valence-corrected chi connectivity index (χ2v) is 6.03. The average Bonchev–Trinajstić information content (AvgIpc) is 2.51. The summed E-state index contributed by atoms with van der Waals surface area (Å²) in [5.41, 5.74) is 3.11. The third kappa shape index (κ3) is 3.02. The molecule has 22 heavy (non-hydrogen) atoms. The van der Waals surface area contributed by atoms with E-state index in [9.17, 15) is 4.79 Å². The summed E-state index contributed by atoms with van der Waals surface area (Å²) in [6.45, 7) is 4.05. The summed E-state index contributed by atoms with van der Waals surface area (Å²) in [6, 6.07) is 12.2. The topological polar surface area (TPSA) is 54.0 Å². The van der Waals surface area contributed by atoms with E-state index >= 15 is 0 Å². The summed E-state index contributed by atoms with van der Waals surface area (Å²) >= 11 is 0. The largest absolute Gasteiger partial charge is 0.351 e. The molecule has 2 heterocycles. The van der Waals surface area contributed by atoms with E-state index in [2.05, 4.69) is 27.8 Å². The molecular weight excluding hydrogens is 274 g/mol. The van der Waals surface area contributed by atoms with Crippen molar-refractivity contribution in [3.8, 4) is 0 Å². The molecule has 0 aliphatic carbocycles. The average molecular weight is 295 g/mol. The van der Waals surface area contributed by atoms with Crippen molar-refractivity contribution in [2.24, 2.45) is 5.41 Å². The van der Waals surface area contributed by atoms with Gasteiger partial charge in [0.2, 0.25) is 5.91 Å². The summed E-state index contributed by atoms with van der Waals surface area (Å²) in [4.78, 5) is 16.8. The van der Waals surface area contributed by atoms with Crippen molar-refractivity contribution >= 4 is 5.91 Å². The molecule has 1 aliphatic heterocycles. The number of amides is 1. The van der Waals surface area contributed by atoms with Crippen molar-refractivity contribution in [2.75, 3.05) is 13.1 Å². The molecule has 0 bridgehead atoms. The van der Waals surface area contributed by atoms with Crippen LogP contribution in [0.1, 0.15) is 16.7 Å². The number of pyridine rings is 1. The fraction of sp³-hybridized carbons (Fsp3) is 0.333. The first-order chi connectivity index (χ1) is 10.7. The molecule has 2 N–H and O–H groups in total. The molecule has 0 atom stereocenters. The van der Waals surface area contributed by atoms with Gasteiger partial charge < -0.3 is 10.6 Å². The van der Waals surface area contributed by atoms with Crippen LogP contribution >= 0.6 is 0 Å². The van der Waals surface area contributed by atoms with E-state index in [0.29, 0.717) is 6.54 Å². The zero-order valence-electron chi connectivity index (χ0n) is 12.8. The van der Waals surface area contributed by atoms with Gasteiger partial charge in [-0.1, -0.05) is 30.3 Å². The SMILES string of the molecule is Cc1cnccc1CNC(=O)C1(Cc2ccccc2)CNC1. The molecule has 1 fully saturated rings. The molecule has 1 amide bonds. The molecule has 4 heteroatoms. The van der Waals surface area contributed by atoms with E-state index in [1.165, 1.54) is 5.56 Å². The van der Waals surface area contributed by atoms with Crippen LogP contribution in [0, 0.1) is 12.3 Å². The van der Waals surface area contributed by atoms with Crippen LogP contribution in [0.2, 0.25) is 0 Å². The van der Waals surface area contributed by atoms with Gasteiger partial charge in [0.05, 0.1) is 5.41 Å². The molecule has 3 rings (SSSR count). The van der Waals surface area contributed by atoms with Crippen LogP contribution in [0.3, 0.4) is 0 Å². The van der Waals surface area contributed by atoms with Crippen molar-refractivity contribution in [2.45, 2.75) is 19.9 Å². The molecular formula is C18H21N3O. The van der Waals surface area contributed by atoms with E-state index < -0.39 is 0 Å². The molecule has 0 spiro atoms. The molecule has 1 saturated heterocycles. The number of aryl methyl sites for hydroxylation is 1. The van der Waals surface area contributed by atoms with Crippen LogP contribution in [0.5, 0.6) is 0 Å². The van der Waals surface area contributed by atoms with Gasteiger partial charge in [-0.05, 0) is 36.1 Å². The van der Waals surface area contributed by atoms with Gasteiger partial charge in [0.15, 0.2) is 0 Å². The Balaban J connectivity index is 1.66. The van der Waals surface area contributed by atoms with Gasteiger partial charge in [0, 0.05) is 32.0 Å². The molecule has 0 radical (unpaired) electrons. The second-order valence-electron chi connectivity index (χ2n) is 6.03. The number of hydrogen-bond donors (Lipinski definition) is 2. The number of carbonyl (C=O) groups excluding carboxylic acids is 1. The first kappa shape index (κ1) is 14.7. The number of nitrogens with zero attached hydrogens (tertiary/aromatic N) is 1. The first-order valence-corrected chi connectivity index (χ1v) is 7.62. The normalized spacial score (nSPS) is 15.9. The lowest BCUT2D eigenvalue weighted by molar-refractivity contribution is -0.134. The fourth-order valence-electron chi connectivity index (χ4n) is 2.84. The Morgan fingerprint density at radius 2 is 2.05 bits per heavy atom. The Hall–Kier alpha value is -2.20. The number of hydrogen-bond acceptors (Lipinski definition) is 3. The highest BCUT2D eigenvalue weighted by molar-refractivity contribution is 5.84. The Morgan fingerprint density at radius 1 is 1.27 bits per heavy atom. The number of aromatic nitrogens is 1. The zero-order chi connectivity index (χ0) is 15.4. The lowest BCUT2D eigenvalue weighted by atomic mass is 9.75. The van der Waals surface area contributed by atoms with E-state index in [4.69, 9.17) is 0 Å². The van der Waals surface area contributed by atoms with Crippen LogP contribution in [0.4, 0.5) is 0 Å². The van der Waals surface area contributed by atoms with Crippen LogP contribution in [-0.4, -0.2) is 24.0 Å². The molecule has 2 aromatic rings. The Morgan fingerprint density at radius 3 is 2.68 bits per heavy atom. The minimum Gasteiger partial charge on any atom is -0.351 e. The lowest BCUT2D eigenvalue weighted by Crippen LogP contribution is -2.62. The zero-order valence-corrected chi connectivity index (χ0v) is 12.8. The lowest BCUT2D eigenvalue weighted by Gasteiger charge is -2.41. The standard InChI is InChI=1S/C18H21N3O/c1-14-10-19-8-7-16(14)11-21-17(22)18(12-20-13-18)9-15-5-3-2-4-6-15/h2-8,10,20H,9,11-13H2,1H3,(H,21,22). The van der Waals surface area contributed by atoms with Gasteiger partial charge in [-0.25, -0.2) is 0 Å². The Bertz CT molecular complexity index is 650. The maximum atomic E-state index is 12.7. The van der Waals surface area contributed by atoms with Crippen molar-refractivity contribution in [3.05, 3.63) is 65.5 Å². The van der Waals surface area contributed by atoms with Crippen LogP contribution in [-0.2, 0) is 17.8 Å². The molecule has 0 saturated carbocycles. The summed E-state index contributed by atoms with van der Waals surface area (Å²) in [5, 5.41) is 6.34. The van der Waals surface area contributed by atoms with Gasteiger partial charge in [-0.3, -0.25) is 9.78 Å². The quantitative estimate of drug-likeness (QED) is 0.885. The van der Waals surface area contributed by atoms with Gasteiger partial charge in [0.25, 0.3) is 0 Å². The fourth-order valence-corrected chi connectivity index (χ4v) is 2.84. The third-order valence-corrected chi connectivity index (χ3v) is 4.37. The maximum absolute atomic E-state index is 12.7.